The molecular formula is C33H24F2N4O3. The Balaban J connectivity index is 1.27. The molecule has 9 heteroatoms. The number of aromatic nitrogens is 1. The zero-order valence-corrected chi connectivity index (χ0v) is 22.2. The normalized spacial score (nSPS) is 17.9. The predicted octanol–water partition coefficient (Wildman–Crippen LogP) is 5.86. The molecule has 7 nitrogen and oxygen atoms in total. The molecule has 2 aliphatic rings. The number of nitrogens with one attached hydrogen (secondary N) is 2. The summed E-state index contributed by atoms with van der Waals surface area (Å²) in [6, 6.07) is 23.8. The summed E-state index contributed by atoms with van der Waals surface area (Å²) in [5, 5.41) is 3.75. The topological polar surface area (TPSA) is 85.5 Å². The molecular weight excluding hydrogens is 538 g/mol. The second-order valence-electron chi connectivity index (χ2n) is 10.4. The van der Waals surface area contributed by atoms with Crippen LogP contribution in [-0.4, -0.2) is 33.8 Å². The predicted molar refractivity (Wildman–Crippen MR) is 153 cm³/mol. The number of rotatable bonds is 5. The maximum absolute atomic E-state index is 14.2. The summed E-state index contributed by atoms with van der Waals surface area (Å²) in [5.41, 5.74) is 4.26. The van der Waals surface area contributed by atoms with Gasteiger partial charge in [0.05, 0.1) is 11.3 Å². The minimum absolute atomic E-state index is 0.137. The molecule has 4 amide bonds. The summed E-state index contributed by atoms with van der Waals surface area (Å²) >= 11 is 0. The number of anilines is 1. The molecule has 2 atom stereocenters. The van der Waals surface area contributed by atoms with Crippen LogP contribution in [0.5, 0.6) is 0 Å². The first-order chi connectivity index (χ1) is 20.4. The van der Waals surface area contributed by atoms with Gasteiger partial charge in [0.2, 0.25) is 0 Å². The van der Waals surface area contributed by atoms with E-state index in [1.807, 2.05) is 24.3 Å². The van der Waals surface area contributed by atoms with Crippen LogP contribution in [0.1, 0.15) is 38.8 Å². The highest BCUT2D eigenvalue weighted by Gasteiger charge is 2.53. The van der Waals surface area contributed by atoms with Crippen LogP contribution in [0.15, 0.2) is 97.1 Å². The van der Waals surface area contributed by atoms with Crippen LogP contribution in [0.4, 0.5) is 19.3 Å². The summed E-state index contributed by atoms with van der Waals surface area (Å²) < 4.78 is 27.2. The fourth-order valence-corrected chi connectivity index (χ4v) is 6.03. The minimum atomic E-state index is -0.824. The minimum Gasteiger partial charge on any atom is -0.356 e. The number of aromatic amines is 1. The second kappa shape index (κ2) is 9.95. The lowest BCUT2D eigenvalue weighted by Gasteiger charge is -2.36. The largest absolute Gasteiger partial charge is 0.356 e. The van der Waals surface area contributed by atoms with Crippen LogP contribution < -0.4 is 10.2 Å². The van der Waals surface area contributed by atoms with Crippen molar-refractivity contribution < 1.29 is 23.2 Å². The van der Waals surface area contributed by atoms with Crippen LogP contribution in [0.3, 0.4) is 0 Å². The molecule has 1 saturated heterocycles. The van der Waals surface area contributed by atoms with E-state index in [1.54, 1.807) is 48.5 Å². The van der Waals surface area contributed by atoms with Gasteiger partial charge in [-0.25, -0.2) is 18.5 Å². The van der Waals surface area contributed by atoms with Gasteiger partial charge in [-0.1, -0.05) is 54.6 Å². The number of amides is 4. The molecule has 1 fully saturated rings. The summed E-state index contributed by atoms with van der Waals surface area (Å²) in [5.74, 6) is -1.71. The molecule has 42 heavy (non-hydrogen) atoms. The molecule has 2 unspecified atom stereocenters. The van der Waals surface area contributed by atoms with Crippen LogP contribution in [0.2, 0.25) is 0 Å². The Hall–Kier alpha value is -5.31. The molecule has 3 heterocycles. The smallest absolute Gasteiger partial charge is 0.332 e. The standard InChI is InChI=1S/C33H24F2N4O3/c34-21-13-9-19(10-14-21)18-36-31(40)24-6-2-4-8-27(24)39-32(41)28-17-25-23-5-1-3-7-26(23)37-29(25)30(38(28)33(39)42)20-11-15-22(35)16-12-20/h1-16,28,30,37H,17-18H2,(H,36,40). The van der Waals surface area contributed by atoms with E-state index in [0.717, 1.165) is 27.1 Å². The molecule has 1 aromatic heterocycles. The van der Waals surface area contributed by atoms with Crippen molar-refractivity contribution in [2.75, 3.05) is 4.90 Å². The average Bonchev–Trinajstić information content (AvgIpc) is 3.50. The Labute approximate surface area is 239 Å². The molecule has 5 aromatic rings. The van der Waals surface area contributed by atoms with Gasteiger partial charge in [-0.15, -0.1) is 0 Å². The average molecular weight is 563 g/mol. The first-order valence-corrected chi connectivity index (χ1v) is 13.5. The number of para-hydroxylation sites is 2. The molecule has 4 aromatic carbocycles. The maximum Gasteiger partial charge on any atom is 0.332 e. The Bertz CT molecular complexity index is 1870. The molecule has 2 N–H and O–H groups in total. The molecule has 0 aliphatic carbocycles. The fourth-order valence-electron chi connectivity index (χ4n) is 6.03. The van der Waals surface area contributed by atoms with Gasteiger partial charge in [0.1, 0.15) is 23.7 Å². The summed E-state index contributed by atoms with van der Waals surface area (Å²) in [4.78, 5) is 47.6. The molecule has 2 aliphatic heterocycles. The fraction of sp³-hybridized carbons (Fsp3) is 0.121. The van der Waals surface area contributed by atoms with Crippen molar-refractivity contribution in [3.05, 3.63) is 137 Å². The van der Waals surface area contributed by atoms with Crippen LogP contribution in [0.25, 0.3) is 10.9 Å². The maximum atomic E-state index is 14.2. The molecule has 0 spiro atoms. The Morgan fingerprint density at radius 2 is 1.52 bits per heavy atom. The van der Waals surface area contributed by atoms with E-state index < -0.39 is 35.7 Å². The van der Waals surface area contributed by atoms with E-state index in [4.69, 9.17) is 0 Å². The number of hydrogen-bond acceptors (Lipinski definition) is 3. The van der Waals surface area contributed by atoms with Crippen molar-refractivity contribution in [3.63, 3.8) is 0 Å². The van der Waals surface area contributed by atoms with Crippen molar-refractivity contribution >= 4 is 34.4 Å². The van der Waals surface area contributed by atoms with Crippen LogP contribution in [0, 0.1) is 11.6 Å². The molecule has 208 valence electrons. The van der Waals surface area contributed by atoms with Crippen molar-refractivity contribution in [2.24, 2.45) is 0 Å². The van der Waals surface area contributed by atoms with E-state index in [2.05, 4.69) is 10.3 Å². The zero-order valence-electron chi connectivity index (χ0n) is 22.2. The van der Waals surface area contributed by atoms with E-state index in [-0.39, 0.29) is 30.0 Å². The summed E-state index contributed by atoms with van der Waals surface area (Å²) in [6.07, 6.45) is 0.289. The van der Waals surface area contributed by atoms with Gasteiger partial charge in [0.15, 0.2) is 0 Å². The number of benzene rings is 4. The number of urea groups is 1. The van der Waals surface area contributed by atoms with E-state index in [1.165, 1.54) is 29.2 Å². The van der Waals surface area contributed by atoms with E-state index >= 15 is 0 Å². The number of H-pyrrole nitrogens is 1. The lowest BCUT2D eigenvalue weighted by atomic mass is 9.89. The number of carbonyl (C=O) groups excluding carboxylic acids is 3. The van der Waals surface area contributed by atoms with Crippen molar-refractivity contribution in [1.29, 1.82) is 0 Å². The van der Waals surface area contributed by atoms with E-state index in [9.17, 15) is 23.2 Å². The van der Waals surface area contributed by atoms with Gasteiger partial charge >= 0.3 is 6.03 Å². The third-order valence-electron chi connectivity index (χ3n) is 7.99. The quantitative estimate of drug-likeness (QED) is 0.263. The van der Waals surface area contributed by atoms with Gasteiger partial charge in [-0.3, -0.25) is 14.5 Å². The summed E-state index contributed by atoms with van der Waals surface area (Å²) in [7, 11) is 0. The highest BCUT2D eigenvalue weighted by Crippen LogP contribution is 2.45. The van der Waals surface area contributed by atoms with Crippen molar-refractivity contribution in [1.82, 2.24) is 15.2 Å². The Morgan fingerprint density at radius 3 is 2.29 bits per heavy atom. The van der Waals surface area contributed by atoms with Gasteiger partial charge in [0.25, 0.3) is 11.8 Å². The van der Waals surface area contributed by atoms with Gasteiger partial charge in [-0.05, 0) is 59.2 Å². The number of imide groups is 1. The van der Waals surface area contributed by atoms with Crippen LogP contribution >= 0.6 is 0 Å². The van der Waals surface area contributed by atoms with Crippen molar-refractivity contribution in [2.45, 2.75) is 25.0 Å². The highest BCUT2D eigenvalue weighted by molar-refractivity contribution is 6.24. The highest BCUT2D eigenvalue weighted by atomic mass is 19.1. The third kappa shape index (κ3) is 4.13. The SMILES string of the molecule is O=C(NCc1ccc(F)cc1)c1ccccc1N1C(=O)C2Cc3c([nH]c4ccccc34)C(c3ccc(F)cc3)N2C1=O. The number of fused-ring (bicyclic) bond motifs is 4. The van der Waals surface area contributed by atoms with Crippen LogP contribution in [-0.2, 0) is 17.8 Å². The van der Waals surface area contributed by atoms with Crippen molar-refractivity contribution in [3.8, 4) is 0 Å². The summed E-state index contributed by atoms with van der Waals surface area (Å²) in [6.45, 7) is 0.137. The number of hydrogen-bond donors (Lipinski definition) is 2. The van der Waals surface area contributed by atoms with Gasteiger partial charge in [-0.2, -0.15) is 0 Å². The monoisotopic (exact) mass is 562 g/mol. The number of halogens is 2. The number of nitrogens with zero attached hydrogens (tertiary/aromatic N) is 2. The Morgan fingerprint density at radius 1 is 0.857 bits per heavy atom. The molecule has 0 saturated carbocycles. The lowest BCUT2D eigenvalue weighted by molar-refractivity contribution is -0.120. The first-order valence-electron chi connectivity index (χ1n) is 13.5. The third-order valence-corrected chi connectivity index (χ3v) is 7.99. The number of carbonyl (C=O) groups is 3. The first kappa shape index (κ1) is 25.6. The van der Waals surface area contributed by atoms with Gasteiger partial charge in [0, 0.05) is 29.6 Å². The lowest BCUT2D eigenvalue weighted by Crippen LogP contribution is -2.44. The van der Waals surface area contributed by atoms with Gasteiger partial charge < -0.3 is 10.3 Å². The molecule has 0 radical (unpaired) electrons. The molecule has 0 bridgehead atoms. The zero-order chi connectivity index (χ0) is 29.0. The van der Waals surface area contributed by atoms with E-state index in [0.29, 0.717) is 11.1 Å². The second-order valence-corrected chi connectivity index (χ2v) is 10.4. The molecule has 7 rings (SSSR count). The Kier molecular flexibility index (Phi) is 6.08.